The maximum atomic E-state index is 13.0. The minimum atomic E-state index is -4.54. The highest BCUT2D eigenvalue weighted by Crippen LogP contribution is 2.36. The molecule has 0 N–H and O–H groups in total. The molecular weight excluding hydrogens is 319 g/mol. The van der Waals surface area contributed by atoms with Crippen molar-refractivity contribution in [1.29, 1.82) is 0 Å². The molecule has 0 unspecified atom stereocenters. The van der Waals surface area contributed by atoms with E-state index in [1.807, 2.05) is 0 Å². The van der Waals surface area contributed by atoms with Crippen LogP contribution in [-0.2, 0) is 6.18 Å². The van der Waals surface area contributed by atoms with Crippen LogP contribution in [0.1, 0.15) is 5.56 Å². The van der Waals surface area contributed by atoms with Crippen LogP contribution < -0.4 is 0 Å². The van der Waals surface area contributed by atoms with Crippen LogP contribution in [0.5, 0.6) is 0 Å². The molecule has 0 aliphatic carbocycles. The first kappa shape index (κ1) is 14.5. The highest BCUT2D eigenvalue weighted by molar-refractivity contribution is 6.33. The number of hydrogen-bond donors (Lipinski definition) is 0. The van der Waals surface area contributed by atoms with Gasteiger partial charge >= 0.3 is 6.18 Å². The minimum Gasteiger partial charge on any atom is -0.334 e. The van der Waals surface area contributed by atoms with Crippen LogP contribution in [0.2, 0.25) is 5.02 Å². The number of halogens is 4. The van der Waals surface area contributed by atoms with Gasteiger partial charge in [-0.2, -0.15) is 18.2 Å². The molecule has 22 heavy (non-hydrogen) atoms. The zero-order valence-electron chi connectivity index (χ0n) is 10.8. The van der Waals surface area contributed by atoms with Crippen LogP contribution in [0, 0.1) is 0 Å². The van der Waals surface area contributed by atoms with Crippen molar-refractivity contribution in [2.75, 3.05) is 0 Å². The maximum Gasteiger partial charge on any atom is 0.417 e. The Labute approximate surface area is 127 Å². The molecule has 0 bridgehead atoms. The molecular formula is C14H7ClF3N3O. The molecule has 0 fully saturated rings. The lowest BCUT2D eigenvalue weighted by Gasteiger charge is -2.08. The quantitative estimate of drug-likeness (QED) is 0.697. The lowest BCUT2D eigenvalue weighted by atomic mass is 10.1. The van der Waals surface area contributed by atoms with Gasteiger partial charge in [-0.25, -0.2) is 0 Å². The minimum absolute atomic E-state index is 0.0394. The van der Waals surface area contributed by atoms with E-state index in [4.69, 9.17) is 16.1 Å². The molecule has 1 aromatic carbocycles. The standard InChI is InChI=1S/C14H7ClF3N3O/c15-11-4-2-1-3-8(11)13-20-12(21-22-13)9-7-19-6-5-10(9)14(16,17)18/h1-7H. The molecule has 0 amide bonds. The van der Waals surface area contributed by atoms with E-state index in [2.05, 4.69) is 15.1 Å². The summed E-state index contributed by atoms with van der Waals surface area (Å²) in [5.74, 6) is -0.159. The van der Waals surface area contributed by atoms with Crippen LogP contribution in [0.3, 0.4) is 0 Å². The summed E-state index contributed by atoms with van der Waals surface area (Å²) in [5, 5.41) is 3.95. The summed E-state index contributed by atoms with van der Waals surface area (Å²) in [4.78, 5) is 7.67. The van der Waals surface area contributed by atoms with Crippen LogP contribution in [0.15, 0.2) is 47.2 Å². The summed E-state index contributed by atoms with van der Waals surface area (Å²) in [6.07, 6.45) is -2.44. The summed E-state index contributed by atoms with van der Waals surface area (Å²) in [6.45, 7) is 0. The second-order valence-electron chi connectivity index (χ2n) is 4.32. The second-order valence-corrected chi connectivity index (χ2v) is 4.73. The third kappa shape index (κ3) is 2.67. The van der Waals surface area contributed by atoms with Crippen LogP contribution in [0.25, 0.3) is 22.8 Å². The number of alkyl halides is 3. The molecule has 3 rings (SSSR count). The Bertz CT molecular complexity index is 817. The summed E-state index contributed by atoms with van der Waals surface area (Å²) in [7, 11) is 0. The first-order valence-electron chi connectivity index (χ1n) is 6.07. The molecule has 8 heteroatoms. The average molecular weight is 326 g/mol. The van der Waals surface area contributed by atoms with Gasteiger partial charge in [0.25, 0.3) is 5.89 Å². The van der Waals surface area contributed by atoms with Gasteiger partial charge in [-0.05, 0) is 18.2 Å². The van der Waals surface area contributed by atoms with Crippen LogP contribution in [0.4, 0.5) is 13.2 Å². The number of rotatable bonds is 2. The highest BCUT2D eigenvalue weighted by Gasteiger charge is 2.35. The van der Waals surface area contributed by atoms with Gasteiger partial charge in [0.1, 0.15) is 0 Å². The zero-order valence-corrected chi connectivity index (χ0v) is 11.6. The van der Waals surface area contributed by atoms with Crippen molar-refractivity contribution in [3.8, 4) is 22.8 Å². The Balaban J connectivity index is 2.08. The maximum absolute atomic E-state index is 13.0. The van der Waals surface area contributed by atoms with E-state index in [1.165, 1.54) is 0 Å². The Hall–Kier alpha value is -2.41. The van der Waals surface area contributed by atoms with E-state index in [1.54, 1.807) is 24.3 Å². The van der Waals surface area contributed by atoms with E-state index in [-0.39, 0.29) is 17.3 Å². The Morgan fingerprint density at radius 3 is 2.55 bits per heavy atom. The summed E-state index contributed by atoms with van der Waals surface area (Å²) >= 11 is 6.00. The Morgan fingerprint density at radius 2 is 1.82 bits per heavy atom. The lowest BCUT2D eigenvalue weighted by Crippen LogP contribution is -2.07. The van der Waals surface area contributed by atoms with Crippen molar-refractivity contribution >= 4 is 11.6 Å². The van der Waals surface area contributed by atoms with Gasteiger partial charge in [-0.1, -0.05) is 28.9 Å². The molecule has 4 nitrogen and oxygen atoms in total. The molecule has 0 aliphatic rings. The van der Waals surface area contributed by atoms with Gasteiger partial charge < -0.3 is 4.52 Å². The molecule has 0 radical (unpaired) electrons. The summed E-state index contributed by atoms with van der Waals surface area (Å²) < 4.78 is 44.0. The fourth-order valence-corrected chi connectivity index (χ4v) is 2.11. The number of benzene rings is 1. The molecule has 0 aliphatic heterocycles. The van der Waals surface area contributed by atoms with E-state index >= 15 is 0 Å². The van der Waals surface area contributed by atoms with Crippen molar-refractivity contribution in [3.63, 3.8) is 0 Å². The molecule has 2 heterocycles. The largest absolute Gasteiger partial charge is 0.417 e. The van der Waals surface area contributed by atoms with E-state index in [9.17, 15) is 13.2 Å². The van der Waals surface area contributed by atoms with E-state index in [0.29, 0.717) is 10.6 Å². The van der Waals surface area contributed by atoms with Gasteiger partial charge in [-0.15, -0.1) is 0 Å². The topological polar surface area (TPSA) is 51.8 Å². The first-order valence-corrected chi connectivity index (χ1v) is 6.45. The monoisotopic (exact) mass is 325 g/mol. The fraction of sp³-hybridized carbons (Fsp3) is 0.0714. The second kappa shape index (κ2) is 5.42. The summed E-state index contributed by atoms with van der Waals surface area (Å²) in [6, 6.07) is 7.53. The SMILES string of the molecule is FC(F)(F)c1ccncc1-c1noc(-c2ccccc2Cl)n1. The Kier molecular flexibility index (Phi) is 3.58. The molecule has 0 spiro atoms. The van der Waals surface area contributed by atoms with Gasteiger partial charge in [0.05, 0.1) is 21.7 Å². The normalized spacial score (nSPS) is 11.6. The molecule has 0 saturated carbocycles. The molecule has 3 aromatic rings. The molecule has 2 aromatic heterocycles. The van der Waals surface area contributed by atoms with Gasteiger partial charge in [0.15, 0.2) is 0 Å². The first-order chi connectivity index (χ1) is 10.5. The van der Waals surface area contributed by atoms with Crippen molar-refractivity contribution in [1.82, 2.24) is 15.1 Å². The predicted octanol–water partition coefficient (Wildman–Crippen LogP) is 4.47. The number of hydrogen-bond acceptors (Lipinski definition) is 4. The molecule has 0 atom stereocenters. The number of nitrogens with zero attached hydrogens (tertiary/aromatic N) is 3. The zero-order chi connectivity index (χ0) is 15.7. The van der Waals surface area contributed by atoms with Crippen molar-refractivity contribution in [3.05, 3.63) is 53.3 Å². The third-order valence-electron chi connectivity index (χ3n) is 2.90. The third-order valence-corrected chi connectivity index (χ3v) is 3.23. The Morgan fingerprint density at radius 1 is 1.05 bits per heavy atom. The summed E-state index contributed by atoms with van der Waals surface area (Å²) in [5.41, 5.74) is -0.688. The van der Waals surface area contributed by atoms with E-state index < -0.39 is 11.7 Å². The highest BCUT2D eigenvalue weighted by atomic mass is 35.5. The van der Waals surface area contributed by atoms with Crippen molar-refractivity contribution in [2.24, 2.45) is 0 Å². The van der Waals surface area contributed by atoms with Crippen molar-refractivity contribution < 1.29 is 17.7 Å². The number of pyridine rings is 1. The fourth-order valence-electron chi connectivity index (χ4n) is 1.90. The average Bonchev–Trinajstić information content (AvgIpc) is 2.96. The van der Waals surface area contributed by atoms with Gasteiger partial charge in [0, 0.05) is 12.4 Å². The molecule has 112 valence electrons. The van der Waals surface area contributed by atoms with Crippen LogP contribution in [-0.4, -0.2) is 15.1 Å². The predicted molar refractivity (Wildman–Crippen MR) is 73.0 cm³/mol. The number of aromatic nitrogens is 3. The van der Waals surface area contributed by atoms with Gasteiger partial charge in [-0.3, -0.25) is 4.98 Å². The van der Waals surface area contributed by atoms with Crippen LogP contribution >= 0.6 is 11.6 Å². The van der Waals surface area contributed by atoms with Crippen molar-refractivity contribution in [2.45, 2.75) is 6.18 Å². The lowest BCUT2D eigenvalue weighted by molar-refractivity contribution is -0.137. The van der Waals surface area contributed by atoms with Gasteiger partial charge in [0.2, 0.25) is 5.82 Å². The molecule has 0 saturated heterocycles. The van der Waals surface area contributed by atoms with E-state index in [0.717, 1.165) is 18.5 Å². The smallest absolute Gasteiger partial charge is 0.334 e.